The van der Waals surface area contributed by atoms with E-state index < -0.39 is 6.04 Å². The van der Waals surface area contributed by atoms with Crippen molar-refractivity contribution >= 4 is 22.9 Å². The van der Waals surface area contributed by atoms with Crippen molar-refractivity contribution in [1.29, 1.82) is 0 Å². The van der Waals surface area contributed by atoms with Gasteiger partial charge in [-0.05, 0) is 23.8 Å². The van der Waals surface area contributed by atoms with E-state index in [-0.39, 0.29) is 0 Å². The minimum Gasteiger partial charge on any atom is -0.497 e. The number of carbonyl (C=O) groups is 1. The Morgan fingerprint density at radius 1 is 1.09 bits per heavy atom. The molecule has 2 N–H and O–H groups in total. The number of aromatic nitrogens is 2. The lowest BCUT2D eigenvalue weighted by Gasteiger charge is -2.21. The van der Waals surface area contributed by atoms with E-state index in [2.05, 4.69) is 9.88 Å². The Morgan fingerprint density at radius 3 is 2.64 bits per heavy atom. The number of benzene rings is 2. The molecule has 7 heteroatoms. The van der Waals surface area contributed by atoms with Crippen molar-refractivity contribution < 1.29 is 14.3 Å². The molecule has 0 aliphatic carbocycles. The fourth-order valence-corrected chi connectivity index (χ4v) is 4.55. The maximum Gasteiger partial charge on any atom is 0.141 e. The number of nitrogens with two attached hydrogens (primary N) is 1. The minimum absolute atomic E-state index is 0.449. The maximum absolute atomic E-state index is 12.2. The molecule has 3 heterocycles. The molecular weight excluding hydrogens is 416 g/mol. The van der Waals surface area contributed by atoms with Crippen LogP contribution < -0.4 is 15.2 Å². The predicted octanol–water partition coefficient (Wildman–Crippen LogP) is 4.15. The fraction of sp³-hybridized carbons (Fsp3) is 0.192. The quantitative estimate of drug-likeness (QED) is 0.450. The van der Waals surface area contributed by atoms with Gasteiger partial charge in [0.2, 0.25) is 0 Å². The van der Waals surface area contributed by atoms with Crippen LogP contribution in [0.4, 0.5) is 5.69 Å². The molecule has 4 aromatic rings. The van der Waals surface area contributed by atoms with Gasteiger partial charge in [0.25, 0.3) is 0 Å². The Labute approximate surface area is 191 Å². The monoisotopic (exact) mass is 440 g/mol. The number of hydrogen-bond acceptors (Lipinski definition) is 7. The van der Waals surface area contributed by atoms with E-state index in [1.807, 2.05) is 48.5 Å². The number of aldehydes is 1. The summed E-state index contributed by atoms with van der Waals surface area (Å²) in [4.78, 5) is 23.5. The zero-order valence-corrected chi connectivity index (χ0v) is 18.5. The molecule has 1 aliphatic heterocycles. The molecule has 2 aromatic carbocycles. The van der Waals surface area contributed by atoms with E-state index in [9.17, 15) is 4.79 Å². The SMILES string of the molecule is COc1ccc(CN2Cc3nc4c(-c5cnccc5OC)cccc4c(N)c3C2C=O)cc1. The maximum atomic E-state index is 12.2. The van der Waals surface area contributed by atoms with Crippen molar-refractivity contribution in [3.05, 3.63) is 77.7 Å². The Morgan fingerprint density at radius 2 is 1.91 bits per heavy atom. The van der Waals surface area contributed by atoms with E-state index in [0.717, 1.165) is 50.9 Å². The van der Waals surface area contributed by atoms with Crippen LogP contribution in [0.5, 0.6) is 11.5 Å². The molecule has 0 fully saturated rings. The average Bonchev–Trinajstić information content (AvgIpc) is 3.21. The van der Waals surface area contributed by atoms with Crippen LogP contribution >= 0.6 is 0 Å². The van der Waals surface area contributed by atoms with Crippen LogP contribution in [0.15, 0.2) is 60.9 Å². The van der Waals surface area contributed by atoms with Crippen LogP contribution in [0.3, 0.4) is 0 Å². The summed E-state index contributed by atoms with van der Waals surface area (Å²) in [6.07, 6.45) is 4.41. The third-order valence-electron chi connectivity index (χ3n) is 6.18. The van der Waals surface area contributed by atoms with Gasteiger partial charge in [0, 0.05) is 53.2 Å². The first-order valence-corrected chi connectivity index (χ1v) is 10.7. The Balaban J connectivity index is 1.59. The Bertz CT molecular complexity index is 1340. The van der Waals surface area contributed by atoms with Gasteiger partial charge in [-0.3, -0.25) is 14.9 Å². The number of fused-ring (bicyclic) bond motifs is 2. The standard InChI is InChI=1S/C26H24N4O3/c1-32-17-8-6-16(7-9-17)13-30-14-21-24(22(30)15-31)25(27)19-5-3-4-18(26(19)29-21)20-12-28-11-10-23(20)33-2/h3-12,15,22H,13-14H2,1-2H3,(H2,27,29). The van der Waals surface area contributed by atoms with Gasteiger partial charge >= 0.3 is 0 Å². The van der Waals surface area contributed by atoms with Gasteiger partial charge in [0.1, 0.15) is 17.8 Å². The summed E-state index contributed by atoms with van der Waals surface area (Å²) in [6.45, 7) is 1.13. The van der Waals surface area contributed by atoms with Gasteiger partial charge in [-0.15, -0.1) is 0 Å². The molecule has 7 nitrogen and oxygen atoms in total. The highest BCUT2D eigenvalue weighted by atomic mass is 16.5. The van der Waals surface area contributed by atoms with Gasteiger partial charge < -0.3 is 20.0 Å². The smallest absolute Gasteiger partial charge is 0.141 e. The van der Waals surface area contributed by atoms with E-state index in [0.29, 0.717) is 24.5 Å². The zero-order valence-electron chi connectivity index (χ0n) is 18.5. The number of pyridine rings is 2. The number of nitrogens with zero attached hydrogens (tertiary/aromatic N) is 3. The number of nitrogen functional groups attached to an aromatic ring is 1. The highest BCUT2D eigenvalue weighted by molar-refractivity contribution is 6.02. The number of carbonyl (C=O) groups excluding carboxylic acids is 1. The molecule has 0 radical (unpaired) electrons. The van der Waals surface area contributed by atoms with Crippen LogP contribution in [0, 0.1) is 0 Å². The second kappa shape index (κ2) is 8.52. The molecule has 0 amide bonds. The molecule has 0 bridgehead atoms. The molecule has 2 aromatic heterocycles. The second-order valence-electron chi connectivity index (χ2n) is 8.00. The third kappa shape index (κ3) is 3.56. The zero-order chi connectivity index (χ0) is 22.9. The van der Waals surface area contributed by atoms with Crippen molar-refractivity contribution in [1.82, 2.24) is 14.9 Å². The molecule has 0 spiro atoms. The van der Waals surface area contributed by atoms with Gasteiger partial charge in [0.15, 0.2) is 0 Å². The first kappa shape index (κ1) is 20.9. The molecule has 166 valence electrons. The number of anilines is 1. The number of rotatable bonds is 6. The fourth-order valence-electron chi connectivity index (χ4n) is 4.55. The minimum atomic E-state index is -0.449. The van der Waals surface area contributed by atoms with Crippen LogP contribution in [0.1, 0.15) is 22.9 Å². The lowest BCUT2D eigenvalue weighted by atomic mass is 9.98. The summed E-state index contributed by atoms with van der Waals surface area (Å²) in [5.41, 5.74) is 12.5. The predicted molar refractivity (Wildman–Crippen MR) is 127 cm³/mol. The molecule has 1 unspecified atom stereocenters. The molecular formula is C26H24N4O3. The summed E-state index contributed by atoms with van der Waals surface area (Å²) >= 11 is 0. The van der Waals surface area contributed by atoms with E-state index in [1.165, 1.54) is 0 Å². The Kier molecular flexibility index (Phi) is 5.40. The number of methoxy groups -OCH3 is 2. The highest BCUT2D eigenvalue weighted by Crippen LogP contribution is 2.42. The van der Waals surface area contributed by atoms with Crippen molar-refractivity contribution in [3.8, 4) is 22.6 Å². The van der Waals surface area contributed by atoms with E-state index >= 15 is 0 Å². The number of hydrogen-bond donors (Lipinski definition) is 1. The van der Waals surface area contributed by atoms with Gasteiger partial charge in [-0.25, -0.2) is 0 Å². The summed E-state index contributed by atoms with van der Waals surface area (Å²) in [5.74, 6) is 1.51. The molecule has 0 saturated carbocycles. The largest absolute Gasteiger partial charge is 0.497 e. The molecule has 5 rings (SSSR count). The second-order valence-corrected chi connectivity index (χ2v) is 8.00. The van der Waals surface area contributed by atoms with Crippen LogP contribution in [0.2, 0.25) is 0 Å². The van der Waals surface area contributed by atoms with Crippen molar-refractivity contribution in [2.75, 3.05) is 20.0 Å². The summed E-state index contributed by atoms with van der Waals surface area (Å²) < 4.78 is 10.8. The van der Waals surface area contributed by atoms with Crippen LogP contribution in [-0.2, 0) is 17.9 Å². The molecule has 0 saturated heterocycles. The van der Waals surface area contributed by atoms with Crippen LogP contribution in [-0.4, -0.2) is 35.4 Å². The summed E-state index contributed by atoms with van der Waals surface area (Å²) in [7, 11) is 3.28. The number of para-hydroxylation sites is 1. The van der Waals surface area contributed by atoms with Crippen LogP contribution in [0.25, 0.3) is 22.0 Å². The normalized spacial score (nSPS) is 15.4. The first-order chi connectivity index (χ1) is 16.1. The summed E-state index contributed by atoms with van der Waals surface area (Å²) in [5, 5.41) is 0.815. The third-order valence-corrected chi connectivity index (χ3v) is 6.18. The van der Waals surface area contributed by atoms with Crippen molar-refractivity contribution in [2.45, 2.75) is 19.1 Å². The van der Waals surface area contributed by atoms with Gasteiger partial charge in [-0.2, -0.15) is 0 Å². The van der Waals surface area contributed by atoms with Crippen molar-refractivity contribution in [2.24, 2.45) is 0 Å². The number of ether oxygens (including phenoxy) is 2. The average molecular weight is 441 g/mol. The van der Waals surface area contributed by atoms with Gasteiger partial charge in [0.05, 0.1) is 31.5 Å². The topological polar surface area (TPSA) is 90.6 Å². The summed E-state index contributed by atoms with van der Waals surface area (Å²) in [6, 6.07) is 15.1. The first-order valence-electron chi connectivity index (χ1n) is 10.7. The molecule has 1 aliphatic rings. The van der Waals surface area contributed by atoms with Crippen molar-refractivity contribution in [3.63, 3.8) is 0 Å². The molecule has 33 heavy (non-hydrogen) atoms. The Hall–Kier alpha value is -3.97. The molecule has 1 atom stereocenters. The lowest BCUT2D eigenvalue weighted by molar-refractivity contribution is -0.112. The lowest BCUT2D eigenvalue weighted by Crippen LogP contribution is -2.23. The van der Waals surface area contributed by atoms with Gasteiger partial charge in [-0.1, -0.05) is 30.3 Å². The highest BCUT2D eigenvalue weighted by Gasteiger charge is 2.34. The van der Waals surface area contributed by atoms with E-state index in [1.54, 1.807) is 26.6 Å². The van der Waals surface area contributed by atoms with E-state index in [4.69, 9.17) is 20.2 Å².